The zero-order valence-electron chi connectivity index (χ0n) is 11.5. The molecule has 0 aliphatic rings. The minimum Gasteiger partial charge on any atom is -0.395 e. The van der Waals surface area contributed by atoms with E-state index >= 15 is 0 Å². The maximum absolute atomic E-state index is 9.13. The molecule has 0 radical (unpaired) electrons. The maximum Gasteiger partial charge on any atom is 0.145 e. The Kier molecular flexibility index (Phi) is 5.30. The van der Waals surface area contributed by atoms with E-state index in [-0.39, 0.29) is 18.6 Å². The summed E-state index contributed by atoms with van der Waals surface area (Å²) in [7, 11) is 0. The van der Waals surface area contributed by atoms with Crippen LogP contribution < -0.4 is 16.2 Å². The molecular weight excluding hydrogens is 230 g/mol. The van der Waals surface area contributed by atoms with E-state index in [9.17, 15) is 0 Å². The molecule has 0 unspecified atom stereocenters. The van der Waals surface area contributed by atoms with E-state index in [0.29, 0.717) is 12.4 Å². The summed E-state index contributed by atoms with van der Waals surface area (Å²) < 4.78 is 0. The average Bonchev–Trinajstić information content (AvgIpc) is 2.34. The molecule has 1 heterocycles. The number of aliphatic hydroxyl groups excluding tert-OH is 1. The highest BCUT2D eigenvalue weighted by Crippen LogP contribution is 2.20. The van der Waals surface area contributed by atoms with Gasteiger partial charge in [0.25, 0.3) is 0 Å². The van der Waals surface area contributed by atoms with E-state index < -0.39 is 0 Å². The molecule has 1 aromatic rings. The first kappa shape index (κ1) is 14.7. The number of nitrogens with one attached hydrogen (secondary N) is 1. The predicted molar refractivity (Wildman–Crippen MR) is 73.5 cm³/mol. The zero-order valence-corrected chi connectivity index (χ0v) is 11.5. The van der Waals surface area contributed by atoms with Crippen molar-refractivity contribution in [3.05, 3.63) is 11.9 Å². The van der Waals surface area contributed by atoms with Gasteiger partial charge in [0.05, 0.1) is 6.61 Å². The number of aromatic nitrogens is 2. The van der Waals surface area contributed by atoms with Crippen LogP contribution in [-0.2, 0) is 0 Å². The molecular formula is C12H23N5O. The van der Waals surface area contributed by atoms with Crippen LogP contribution in [0.15, 0.2) is 6.07 Å². The Morgan fingerprint density at radius 2 is 2.00 bits per heavy atom. The number of hydrogen-bond donors (Lipinski definition) is 3. The Hall–Kier alpha value is -1.40. The molecule has 0 bridgehead atoms. The second-order valence-electron chi connectivity index (χ2n) is 4.78. The van der Waals surface area contributed by atoms with Crippen molar-refractivity contribution in [2.45, 2.75) is 39.7 Å². The zero-order chi connectivity index (χ0) is 13.7. The van der Waals surface area contributed by atoms with Crippen LogP contribution in [0.4, 0.5) is 11.6 Å². The molecule has 6 heteroatoms. The molecule has 0 spiro atoms. The van der Waals surface area contributed by atoms with Crippen LogP contribution >= 0.6 is 0 Å². The van der Waals surface area contributed by atoms with Gasteiger partial charge in [0, 0.05) is 24.6 Å². The van der Waals surface area contributed by atoms with E-state index in [0.717, 1.165) is 11.6 Å². The summed E-state index contributed by atoms with van der Waals surface area (Å²) >= 11 is 0. The van der Waals surface area contributed by atoms with Crippen molar-refractivity contribution in [1.82, 2.24) is 9.97 Å². The lowest BCUT2D eigenvalue weighted by Crippen LogP contribution is -2.34. The van der Waals surface area contributed by atoms with Gasteiger partial charge in [-0.2, -0.15) is 0 Å². The lowest BCUT2D eigenvalue weighted by molar-refractivity contribution is 0.298. The molecule has 1 rings (SSSR count). The molecule has 1 aromatic heterocycles. The molecule has 4 N–H and O–H groups in total. The average molecular weight is 253 g/mol. The third kappa shape index (κ3) is 3.54. The fraction of sp³-hybridized carbons (Fsp3) is 0.667. The second-order valence-corrected chi connectivity index (χ2v) is 4.78. The summed E-state index contributed by atoms with van der Waals surface area (Å²) in [6.07, 6.45) is 0. The topological polar surface area (TPSA) is 87.3 Å². The minimum absolute atomic E-state index is 0.0879. The number of nitrogens with zero attached hydrogens (tertiary/aromatic N) is 3. The van der Waals surface area contributed by atoms with E-state index in [4.69, 9.17) is 10.9 Å². The number of aliphatic hydroxyl groups is 1. The monoisotopic (exact) mass is 253 g/mol. The van der Waals surface area contributed by atoms with Crippen LogP contribution in [-0.4, -0.2) is 34.3 Å². The van der Waals surface area contributed by atoms with Crippen LogP contribution in [0.25, 0.3) is 0 Å². The highest BCUT2D eigenvalue weighted by atomic mass is 16.3. The molecule has 102 valence electrons. The smallest absolute Gasteiger partial charge is 0.145 e. The third-order valence-corrected chi connectivity index (χ3v) is 2.65. The fourth-order valence-electron chi connectivity index (χ4n) is 1.68. The van der Waals surface area contributed by atoms with Crippen molar-refractivity contribution in [2.24, 2.45) is 5.84 Å². The first-order valence-corrected chi connectivity index (χ1v) is 6.22. The lowest BCUT2D eigenvalue weighted by atomic mass is 10.2. The molecule has 18 heavy (non-hydrogen) atoms. The summed E-state index contributed by atoms with van der Waals surface area (Å²) in [4.78, 5) is 10.9. The number of hydrogen-bond acceptors (Lipinski definition) is 6. The van der Waals surface area contributed by atoms with Crippen LogP contribution in [0.1, 0.15) is 39.4 Å². The maximum atomic E-state index is 9.13. The van der Waals surface area contributed by atoms with Gasteiger partial charge in [0.1, 0.15) is 17.5 Å². The SMILES string of the molecule is CC(C)c1nc(NN)cc(N(CCO)C(C)C)n1. The highest BCUT2D eigenvalue weighted by molar-refractivity contribution is 5.49. The number of nitrogen functional groups attached to an aromatic ring is 1. The van der Waals surface area contributed by atoms with Crippen molar-refractivity contribution in [3.8, 4) is 0 Å². The van der Waals surface area contributed by atoms with Crippen molar-refractivity contribution in [2.75, 3.05) is 23.5 Å². The van der Waals surface area contributed by atoms with E-state index in [1.54, 1.807) is 6.07 Å². The van der Waals surface area contributed by atoms with Gasteiger partial charge >= 0.3 is 0 Å². The Balaban J connectivity index is 3.15. The Bertz CT molecular complexity index is 381. The molecule has 0 atom stereocenters. The number of anilines is 2. The molecule has 0 aliphatic heterocycles. The highest BCUT2D eigenvalue weighted by Gasteiger charge is 2.15. The van der Waals surface area contributed by atoms with Crippen LogP contribution in [0.2, 0.25) is 0 Å². The standard InChI is InChI=1S/C12H23N5O/c1-8(2)12-14-10(16-13)7-11(15-12)17(5-6-18)9(3)4/h7-9,18H,5-6,13H2,1-4H3,(H,14,15,16). The Labute approximate surface area is 108 Å². The number of hydrazine groups is 1. The quantitative estimate of drug-likeness (QED) is 0.519. The molecule has 0 aliphatic carbocycles. The van der Waals surface area contributed by atoms with Gasteiger partial charge in [-0.1, -0.05) is 13.8 Å². The third-order valence-electron chi connectivity index (χ3n) is 2.65. The van der Waals surface area contributed by atoms with Gasteiger partial charge in [-0.25, -0.2) is 15.8 Å². The van der Waals surface area contributed by atoms with Crippen LogP contribution in [0.5, 0.6) is 0 Å². The van der Waals surface area contributed by atoms with Gasteiger partial charge < -0.3 is 15.4 Å². The summed E-state index contributed by atoms with van der Waals surface area (Å²) in [5.74, 6) is 7.77. The molecule has 0 fully saturated rings. The van der Waals surface area contributed by atoms with Crippen molar-refractivity contribution < 1.29 is 5.11 Å². The number of nitrogens with two attached hydrogens (primary N) is 1. The van der Waals surface area contributed by atoms with Crippen LogP contribution in [0, 0.1) is 0 Å². The first-order chi connectivity index (χ1) is 8.49. The van der Waals surface area contributed by atoms with Crippen molar-refractivity contribution >= 4 is 11.6 Å². The van der Waals surface area contributed by atoms with Crippen molar-refractivity contribution in [3.63, 3.8) is 0 Å². The predicted octanol–water partition coefficient (Wildman–Crippen LogP) is 1.09. The molecule has 0 saturated heterocycles. The van der Waals surface area contributed by atoms with Gasteiger partial charge in [-0.05, 0) is 13.8 Å². The summed E-state index contributed by atoms with van der Waals surface area (Å²) in [6, 6.07) is 2.04. The minimum atomic E-state index is 0.0879. The van der Waals surface area contributed by atoms with E-state index in [1.807, 2.05) is 18.7 Å². The molecule has 6 nitrogen and oxygen atoms in total. The molecule has 0 amide bonds. The largest absolute Gasteiger partial charge is 0.395 e. The van der Waals surface area contributed by atoms with E-state index in [1.165, 1.54) is 0 Å². The van der Waals surface area contributed by atoms with Crippen LogP contribution in [0.3, 0.4) is 0 Å². The van der Waals surface area contributed by atoms with Gasteiger partial charge in [-0.15, -0.1) is 0 Å². The number of rotatable bonds is 6. The fourth-order valence-corrected chi connectivity index (χ4v) is 1.68. The lowest BCUT2D eigenvalue weighted by Gasteiger charge is -2.27. The summed E-state index contributed by atoms with van der Waals surface area (Å²) in [5, 5.41) is 9.13. The van der Waals surface area contributed by atoms with Gasteiger partial charge in [-0.3, -0.25) is 0 Å². The Morgan fingerprint density at radius 1 is 1.33 bits per heavy atom. The Morgan fingerprint density at radius 3 is 2.44 bits per heavy atom. The second kappa shape index (κ2) is 6.51. The summed E-state index contributed by atoms with van der Waals surface area (Å²) in [6.45, 7) is 8.81. The van der Waals surface area contributed by atoms with Gasteiger partial charge in [0.2, 0.25) is 0 Å². The molecule has 0 aromatic carbocycles. The van der Waals surface area contributed by atoms with Crippen molar-refractivity contribution in [1.29, 1.82) is 0 Å². The van der Waals surface area contributed by atoms with Gasteiger partial charge in [0.15, 0.2) is 0 Å². The summed E-state index contributed by atoms with van der Waals surface area (Å²) in [5.41, 5.74) is 2.56. The normalized spacial score (nSPS) is 11.1. The van der Waals surface area contributed by atoms with E-state index in [2.05, 4.69) is 29.2 Å². The molecule has 0 saturated carbocycles. The first-order valence-electron chi connectivity index (χ1n) is 6.22.